The number of rotatable bonds is 6. The molecular formula is C26H25ClN4O3S. The van der Waals surface area contributed by atoms with E-state index >= 15 is 0 Å². The Hall–Kier alpha value is -3.33. The van der Waals surface area contributed by atoms with Crippen LogP contribution in [0.15, 0.2) is 60.8 Å². The zero-order chi connectivity index (χ0) is 24.4. The third-order valence-electron chi connectivity index (χ3n) is 6.06. The first-order chi connectivity index (χ1) is 17.0. The van der Waals surface area contributed by atoms with Gasteiger partial charge < -0.3 is 24.6 Å². The molecule has 0 atom stereocenters. The second-order valence-electron chi connectivity index (χ2n) is 8.45. The van der Waals surface area contributed by atoms with Gasteiger partial charge in [0.25, 0.3) is 5.91 Å². The second kappa shape index (κ2) is 10.1. The fraction of sp³-hybridized carbons (Fsp3) is 0.231. The van der Waals surface area contributed by atoms with Crippen molar-refractivity contribution in [2.75, 3.05) is 31.6 Å². The number of halogens is 1. The van der Waals surface area contributed by atoms with Crippen LogP contribution in [0.1, 0.15) is 20.8 Å². The number of hydrogen-bond donors (Lipinski definition) is 3. The molecule has 1 fully saturated rings. The highest BCUT2D eigenvalue weighted by atomic mass is 35.5. The molecule has 9 heteroatoms. The first-order valence-corrected chi connectivity index (χ1v) is 12.5. The maximum Gasteiger partial charge on any atom is 0.265 e. The highest BCUT2D eigenvalue weighted by molar-refractivity contribution is 7.18. The fourth-order valence-electron chi connectivity index (χ4n) is 4.29. The van der Waals surface area contributed by atoms with Gasteiger partial charge in [-0.3, -0.25) is 10.2 Å². The number of amidine groups is 1. The number of thiophene rings is 1. The molecule has 3 N–H and O–H groups in total. The first-order valence-electron chi connectivity index (χ1n) is 11.3. The fourth-order valence-corrected chi connectivity index (χ4v) is 5.23. The normalized spacial score (nSPS) is 13.8. The Bertz CT molecular complexity index is 1390. The third-order valence-corrected chi connectivity index (χ3v) is 7.29. The lowest BCUT2D eigenvalue weighted by Gasteiger charge is -2.29. The van der Waals surface area contributed by atoms with Gasteiger partial charge in [-0.25, -0.2) is 0 Å². The molecule has 0 bridgehead atoms. The van der Waals surface area contributed by atoms with Crippen molar-refractivity contribution in [2.24, 2.45) is 0 Å². The highest BCUT2D eigenvalue weighted by Crippen LogP contribution is 2.33. The van der Waals surface area contributed by atoms with Crippen LogP contribution >= 0.6 is 22.9 Å². The van der Waals surface area contributed by atoms with E-state index in [1.165, 1.54) is 11.3 Å². The Morgan fingerprint density at radius 3 is 2.63 bits per heavy atom. The van der Waals surface area contributed by atoms with Gasteiger partial charge in [-0.05, 0) is 35.4 Å². The summed E-state index contributed by atoms with van der Waals surface area (Å²) >= 11 is 7.18. The minimum absolute atomic E-state index is 0.140. The summed E-state index contributed by atoms with van der Waals surface area (Å²) < 4.78 is 7.71. The van der Waals surface area contributed by atoms with E-state index in [1.54, 1.807) is 22.8 Å². The van der Waals surface area contributed by atoms with Crippen LogP contribution in [0.25, 0.3) is 10.8 Å². The quantitative estimate of drug-likeness (QED) is 0.246. The van der Waals surface area contributed by atoms with Gasteiger partial charge in [0.15, 0.2) is 5.88 Å². The Labute approximate surface area is 212 Å². The number of ether oxygens (including phenoxy) is 1. The predicted octanol–water partition coefficient (Wildman–Crippen LogP) is 5.21. The molecule has 0 saturated carbocycles. The third kappa shape index (κ3) is 5.19. The Morgan fingerprint density at radius 1 is 1.09 bits per heavy atom. The Balaban J connectivity index is 1.34. The van der Waals surface area contributed by atoms with Crippen molar-refractivity contribution in [2.45, 2.75) is 13.0 Å². The van der Waals surface area contributed by atoms with Crippen molar-refractivity contribution in [3.63, 3.8) is 0 Å². The molecule has 0 radical (unpaired) electrons. The summed E-state index contributed by atoms with van der Waals surface area (Å²) in [6.07, 6.45) is 2.40. The largest absolute Gasteiger partial charge is 0.494 e. The van der Waals surface area contributed by atoms with Crippen molar-refractivity contribution < 1.29 is 14.6 Å². The van der Waals surface area contributed by atoms with Crippen molar-refractivity contribution in [3.8, 4) is 5.88 Å². The number of anilines is 1. The first kappa shape index (κ1) is 23.4. The average molecular weight is 509 g/mol. The lowest BCUT2D eigenvalue weighted by atomic mass is 10.1. The molecule has 180 valence electrons. The molecule has 1 aliphatic rings. The Morgan fingerprint density at radius 2 is 1.86 bits per heavy atom. The summed E-state index contributed by atoms with van der Waals surface area (Å²) in [5.74, 6) is 0.492. The number of nitrogens with one attached hydrogen (secondary N) is 2. The summed E-state index contributed by atoms with van der Waals surface area (Å²) in [5, 5.41) is 23.7. The predicted molar refractivity (Wildman–Crippen MR) is 140 cm³/mol. The topological polar surface area (TPSA) is 90.6 Å². The van der Waals surface area contributed by atoms with Crippen LogP contribution in [0, 0.1) is 5.41 Å². The number of fused-ring (bicyclic) bond motifs is 1. The maximum absolute atomic E-state index is 12.6. The molecule has 1 saturated heterocycles. The molecule has 4 aromatic rings. The van der Waals surface area contributed by atoms with Crippen molar-refractivity contribution in [1.82, 2.24) is 9.47 Å². The summed E-state index contributed by atoms with van der Waals surface area (Å²) in [6.45, 7) is 3.29. The van der Waals surface area contributed by atoms with Crippen LogP contribution in [0.5, 0.6) is 5.88 Å². The average Bonchev–Trinajstić information content (AvgIpc) is 3.44. The van der Waals surface area contributed by atoms with Gasteiger partial charge in [0.1, 0.15) is 5.84 Å². The van der Waals surface area contributed by atoms with E-state index in [4.69, 9.17) is 21.7 Å². The van der Waals surface area contributed by atoms with Gasteiger partial charge >= 0.3 is 0 Å². The van der Waals surface area contributed by atoms with E-state index in [0.29, 0.717) is 52.3 Å². The number of benzene rings is 2. The molecule has 1 amide bonds. The zero-order valence-electron chi connectivity index (χ0n) is 19.0. The van der Waals surface area contributed by atoms with Crippen LogP contribution in [-0.4, -0.2) is 52.6 Å². The molecule has 5 rings (SSSR count). The molecule has 35 heavy (non-hydrogen) atoms. The molecule has 7 nitrogen and oxygen atoms in total. The minimum Gasteiger partial charge on any atom is -0.494 e. The number of aromatic hydroxyl groups is 1. The van der Waals surface area contributed by atoms with Gasteiger partial charge in [-0.1, -0.05) is 41.9 Å². The van der Waals surface area contributed by atoms with E-state index < -0.39 is 0 Å². The molecular weight excluding hydrogens is 484 g/mol. The summed E-state index contributed by atoms with van der Waals surface area (Å²) in [4.78, 5) is 15.2. The number of morpholine rings is 1. The van der Waals surface area contributed by atoms with Gasteiger partial charge in [0.2, 0.25) is 0 Å². The standard InChI is InChI=1S/C26H25ClN4O3S/c27-23-8-7-22(35-23)25(32)29-21-6-2-5-19-20(21)16-31(26(19)33)15-18-4-1-3-17(13-18)14-24(28)30-9-11-34-12-10-30/h1-8,13,16,28,33H,9-12,14-15H2,(H,29,32). The van der Waals surface area contributed by atoms with E-state index in [-0.39, 0.29) is 11.8 Å². The van der Waals surface area contributed by atoms with Gasteiger partial charge in [-0.15, -0.1) is 11.3 Å². The summed E-state index contributed by atoms with van der Waals surface area (Å²) in [5.41, 5.74) is 2.70. The lowest BCUT2D eigenvalue weighted by molar-refractivity contribution is 0.0670. The Kier molecular flexibility index (Phi) is 6.77. The number of carbonyl (C=O) groups is 1. The van der Waals surface area contributed by atoms with Crippen molar-refractivity contribution in [1.29, 1.82) is 5.41 Å². The molecule has 0 spiro atoms. The molecule has 2 aromatic carbocycles. The summed E-state index contributed by atoms with van der Waals surface area (Å²) in [6, 6.07) is 16.9. The molecule has 3 heterocycles. The smallest absolute Gasteiger partial charge is 0.265 e. The monoisotopic (exact) mass is 508 g/mol. The molecule has 2 aromatic heterocycles. The molecule has 0 aliphatic carbocycles. The number of nitrogens with zero attached hydrogens (tertiary/aromatic N) is 2. The van der Waals surface area contributed by atoms with E-state index in [0.717, 1.165) is 29.6 Å². The van der Waals surface area contributed by atoms with Gasteiger partial charge in [-0.2, -0.15) is 0 Å². The highest BCUT2D eigenvalue weighted by Gasteiger charge is 2.16. The number of hydrogen-bond acceptors (Lipinski definition) is 5. The van der Waals surface area contributed by atoms with Crippen LogP contribution in [0.2, 0.25) is 4.34 Å². The van der Waals surface area contributed by atoms with Crippen LogP contribution < -0.4 is 5.32 Å². The molecule has 1 aliphatic heterocycles. The van der Waals surface area contributed by atoms with Crippen LogP contribution in [0.4, 0.5) is 5.69 Å². The van der Waals surface area contributed by atoms with E-state index in [1.807, 2.05) is 36.5 Å². The van der Waals surface area contributed by atoms with Crippen LogP contribution in [-0.2, 0) is 17.7 Å². The van der Waals surface area contributed by atoms with Crippen molar-refractivity contribution in [3.05, 3.63) is 81.1 Å². The second-order valence-corrected chi connectivity index (χ2v) is 10.2. The SMILES string of the molecule is N=C(Cc1cccc(Cn2cc3c(NC(=O)c4ccc(Cl)s4)cccc3c2O)c1)N1CCOCC1. The number of amides is 1. The van der Waals surface area contributed by atoms with E-state index in [9.17, 15) is 9.90 Å². The number of aromatic nitrogens is 1. The van der Waals surface area contributed by atoms with Crippen molar-refractivity contribution >= 4 is 51.1 Å². The van der Waals surface area contributed by atoms with E-state index in [2.05, 4.69) is 16.3 Å². The minimum atomic E-state index is -0.239. The summed E-state index contributed by atoms with van der Waals surface area (Å²) in [7, 11) is 0. The zero-order valence-corrected chi connectivity index (χ0v) is 20.5. The maximum atomic E-state index is 12.6. The van der Waals surface area contributed by atoms with Gasteiger partial charge in [0, 0.05) is 36.5 Å². The van der Waals surface area contributed by atoms with Gasteiger partial charge in [0.05, 0.1) is 34.7 Å². The lowest BCUT2D eigenvalue weighted by Crippen LogP contribution is -2.41. The number of carbonyl (C=O) groups excluding carboxylic acids is 1. The molecule has 0 unspecified atom stereocenters. The van der Waals surface area contributed by atoms with Crippen LogP contribution in [0.3, 0.4) is 0 Å².